The number of anilines is 1. The van der Waals surface area contributed by atoms with Crippen LogP contribution in [0.3, 0.4) is 0 Å². The molecule has 156 valence electrons. The van der Waals surface area contributed by atoms with Crippen molar-refractivity contribution in [3.63, 3.8) is 0 Å². The number of aromatic amines is 1. The molecule has 2 aromatic carbocycles. The smallest absolute Gasteiger partial charge is 0.411 e. The number of aromatic nitrogens is 4. The molecule has 1 unspecified atom stereocenters. The lowest BCUT2D eigenvalue weighted by atomic mass is 9.99. The molecule has 5 aromatic rings. The highest BCUT2D eigenvalue weighted by atomic mass is 16.6. The monoisotopic (exact) mass is 421 g/mol. The molecule has 1 atom stereocenters. The summed E-state index contributed by atoms with van der Waals surface area (Å²) in [5.41, 5.74) is 6.27. The number of nitrogens with zero attached hydrogens (tertiary/aromatic N) is 3. The van der Waals surface area contributed by atoms with Crippen molar-refractivity contribution in [3.8, 4) is 11.3 Å². The highest BCUT2D eigenvalue weighted by Gasteiger charge is 2.24. The molecule has 1 amide bonds. The van der Waals surface area contributed by atoms with Crippen LogP contribution in [0.25, 0.3) is 33.1 Å². The van der Waals surface area contributed by atoms with Crippen LogP contribution in [0.15, 0.2) is 73.1 Å². The number of amides is 1. The number of carbonyl (C=O) groups is 1. The minimum Gasteiger partial charge on any atom is -0.445 e. The molecule has 32 heavy (non-hydrogen) atoms. The number of pyridine rings is 2. The molecule has 3 aromatic heterocycles. The van der Waals surface area contributed by atoms with Gasteiger partial charge in [0.2, 0.25) is 0 Å². The van der Waals surface area contributed by atoms with Crippen LogP contribution in [-0.2, 0) is 17.6 Å². The van der Waals surface area contributed by atoms with Crippen molar-refractivity contribution in [2.24, 2.45) is 0 Å². The van der Waals surface area contributed by atoms with Crippen molar-refractivity contribution >= 4 is 33.6 Å². The van der Waals surface area contributed by atoms with Gasteiger partial charge in [0.1, 0.15) is 11.8 Å². The summed E-state index contributed by atoms with van der Waals surface area (Å²) in [6, 6.07) is 19.9. The van der Waals surface area contributed by atoms with Crippen LogP contribution in [0.1, 0.15) is 11.3 Å². The summed E-state index contributed by atoms with van der Waals surface area (Å²) in [7, 11) is 0. The molecule has 0 saturated carbocycles. The summed E-state index contributed by atoms with van der Waals surface area (Å²) >= 11 is 0. The van der Waals surface area contributed by atoms with E-state index >= 15 is 0 Å². The van der Waals surface area contributed by atoms with Gasteiger partial charge in [-0.3, -0.25) is 20.4 Å². The minimum absolute atomic E-state index is 0.321. The molecular weight excluding hydrogens is 402 g/mol. The van der Waals surface area contributed by atoms with Crippen molar-refractivity contribution in [2.45, 2.75) is 18.9 Å². The number of hydrogen-bond acceptors (Lipinski definition) is 5. The fraction of sp³-hybridized carbons (Fsp3) is 0.120. The molecule has 1 aliphatic rings. The van der Waals surface area contributed by atoms with E-state index in [-0.39, 0.29) is 6.10 Å². The molecule has 7 nitrogen and oxygen atoms in total. The first-order valence-electron chi connectivity index (χ1n) is 10.5. The van der Waals surface area contributed by atoms with Crippen LogP contribution < -0.4 is 5.32 Å². The Hall–Kier alpha value is -4.26. The molecular formula is C25H19N5O2. The van der Waals surface area contributed by atoms with Crippen molar-refractivity contribution in [2.75, 3.05) is 5.32 Å². The molecule has 0 saturated heterocycles. The van der Waals surface area contributed by atoms with Crippen molar-refractivity contribution in [3.05, 3.63) is 84.3 Å². The summed E-state index contributed by atoms with van der Waals surface area (Å²) in [5, 5.41) is 12.5. The van der Waals surface area contributed by atoms with Crippen LogP contribution in [-0.4, -0.2) is 32.4 Å². The highest BCUT2D eigenvalue weighted by Crippen LogP contribution is 2.33. The van der Waals surface area contributed by atoms with E-state index in [2.05, 4.69) is 32.6 Å². The van der Waals surface area contributed by atoms with E-state index in [1.54, 1.807) is 12.4 Å². The second-order valence-corrected chi connectivity index (χ2v) is 7.92. The van der Waals surface area contributed by atoms with Crippen LogP contribution in [0.2, 0.25) is 0 Å². The molecule has 1 aliphatic heterocycles. The van der Waals surface area contributed by atoms with Gasteiger partial charge in [0.25, 0.3) is 0 Å². The van der Waals surface area contributed by atoms with Gasteiger partial charge in [-0.2, -0.15) is 5.10 Å². The lowest BCUT2D eigenvalue weighted by molar-refractivity contribution is 0.112. The number of carbonyl (C=O) groups excluding carboxylic acids is 1. The fourth-order valence-electron chi connectivity index (χ4n) is 4.27. The molecule has 4 heterocycles. The summed E-state index contributed by atoms with van der Waals surface area (Å²) in [6.45, 7) is 0. The molecule has 2 N–H and O–H groups in total. The second kappa shape index (κ2) is 7.46. The van der Waals surface area contributed by atoms with Gasteiger partial charge in [-0.1, -0.05) is 24.3 Å². The Balaban J connectivity index is 1.36. The molecule has 6 rings (SSSR count). The van der Waals surface area contributed by atoms with E-state index in [9.17, 15) is 4.79 Å². The molecule has 0 bridgehead atoms. The average Bonchev–Trinajstić information content (AvgIpc) is 3.15. The third kappa shape index (κ3) is 3.33. The first-order valence-corrected chi connectivity index (χ1v) is 10.5. The lowest BCUT2D eigenvalue weighted by Crippen LogP contribution is -2.23. The summed E-state index contributed by atoms with van der Waals surface area (Å²) in [4.78, 5) is 21.3. The Kier molecular flexibility index (Phi) is 4.31. The molecule has 0 radical (unpaired) electrons. The van der Waals surface area contributed by atoms with Gasteiger partial charge in [0.05, 0.1) is 11.0 Å². The zero-order chi connectivity index (χ0) is 21.5. The lowest BCUT2D eigenvalue weighted by Gasteiger charge is -2.14. The number of para-hydroxylation sites is 1. The van der Waals surface area contributed by atoms with E-state index in [1.807, 2.05) is 48.5 Å². The van der Waals surface area contributed by atoms with E-state index in [1.165, 1.54) is 0 Å². The van der Waals surface area contributed by atoms with Crippen molar-refractivity contribution < 1.29 is 9.53 Å². The predicted octanol–water partition coefficient (Wildman–Crippen LogP) is 4.89. The van der Waals surface area contributed by atoms with Gasteiger partial charge in [-0.15, -0.1) is 0 Å². The zero-order valence-corrected chi connectivity index (χ0v) is 17.1. The quantitative estimate of drug-likeness (QED) is 0.433. The standard InChI is InChI=1S/C25H19N5O2/c31-25-28-22-14-23-20(24(30-29-23)16-7-9-26-10-8-16)12-17(22)11-19(32-25)13-18-6-5-15-3-1-2-4-21(15)27-18/h1-10,12,14,19H,11,13H2,(H,28,31)(H,29,30). The summed E-state index contributed by atoms with van der Waals surface area (Å²) in [6.07, 6.45) is 3.85. The number of benzene rings is 2. The maximum absolute atomic E-state index is 12.4. The van der Waals surface area contributed by atoms with E-state index in [4.69, 9.17) is 9.72 Å². The van der Waals surface area contributed by atoms with E-state index in [0.29, 0.717) is 12.8 Å². The number of rotatable bonds is 3. The number of ether oxygens (including phenoxy) is 1. The van der Waals surface area contributed by atoms with E-state index < -0.39 is 6.09 Å². The van der Waals surface area contributed by atoms with Gasteiger partial charge in [0.15, 0.2) is 0 Å². The highest BCUT2D eigenvalue weighted by molar-refractivity contribution is 5.98. The molecule has 0 fully saturated rings. The van der Waals surface area contributed by atoms with Gasteiger partial charge in [-0.05, 0) is 42.0 Å². The third-order valence-corrected chi connectivity index (χ3v) is 5.79. The molecule has 0 spiro atoms. The van der Waals surface area contributed by atoms with E-state index in [0.717, 1.165) is 50.0 Å². The number of fused-ring (bicyclic) bond motifs is 3. The van der Waals surface area contributed by atoms with Crippen LogP contribution in [0.4, 0.5) is 10.5 Å². The summed E-state index contributed by atoms with van der Waals surface area (Å²) < 4.78 is 5.70. The van der Waals surface area contributed by atoms with Crippen molar-refractivity contribution in [1.82, 2.24) is 20.2 Å². The maximum atomic E-state index is 12.4. The number of cyclic esters (lactones) is 1. The van der Waals surface area contributed by atoms with Crippen LogP contribution >= 0.6 is 0 Å². The Morgan fingerprint density at radius 1 is 1.03 bits per heavy atom. The topological polar surface area (TPSA) is 92.8 Å². The summed E-state index contributed by atoms with van der Waals surface area (Å²) in [5.74, 6) is 0. The first-order chi connectivity index (χ1) is 15.7. The fourth-order valence-corrected chi connectivity index (χ4v) is 4.27. The number of H-pyrrole nitrogens is 1. The van der Waals surface area contributed by atoms with Gasteiger partial charge in [0, 0.05) is 53.0 Å². The van der Waals surface area contributed by atoms with Crippen molar-refractivity contribution in [1.29, 1.82) is 0 Å². The number of nitrogens with one attached hydrogen (secondary N) is 2. The average molecular weight is 421 g/mol. The Bertz CT molecular complexity index is 1460. The van der Waals surface area contributed by atoms with Crippen LogP contribution in [0.5, 0.6) is 0 Å². The molecule has 0 aliphatic carbocycles. The predicted molar refractivity (Wildman–Crippen MR) is 122 cm³/mol. The second-order valence-electron chi connectivity index (χ2n) is 7.92. The third-order valence-electron chi connectivity index (χ3n) is 5.79. The van der Waals surface area contributed by atoms with Gasteiger partial charge >= 0.3 is 6.09 Å². The SMILES string of the molecule is O=C1Nc2cc3[nH]nc(-c4ccncc4)c3cc2CC(Cc2ccc3ccccc3n2)O1. The zero-order valence-electron chi connectivity index (χ0n) is 17.1. The largest absolute Gasteiger partial charge is 0.445 e. The minimum atomic E-state index is -0.456. The normalized spacial score (nSPS) is 15.8. The van der Waals surface area contributed by atoms with Crippen LogP contribution in [0, 0.1) is 0 Å². The maximum Gasteiger partial charge on any atom is 0.411 e. The Morgan fingerprint density at radius 2 is 1.91 bits per heavy atom. The Morgan fingerprint density at radius 3 is 2.81 bits per heavy atom. The van der Waals surface area contributed by atoms with Gasteiger partial charge in [-0.25, -0.2) is 4.79 Å². The molecule has 7 heteroatoms. The number of hydrogen-bond donors (Lipinski definition) is 2. The van der Waals surface area contributed by atoms with Gasteiger partial charge < -0.3 is 4.74 Å². The Labute approximate surface area is 183 Å². The first kappa shape index (κ1) is 18.5.